The summed E-state index contributed by atoms with van der Waals surface area (Å²) in [6.45, 7) is 6.30. The van der Waals surface area contributed by atoms with Gasteiger partial charge in [-0.3, -0.25) is 4.68 Å². The van der Waals surface area contributed by atoms with Gasteiger partial charge in [-0.1, -0.05) is 61.0 Å². The number of rotatable bonds is 6. The fourth-order valence-corrected chi connectivity index (χ4v) is 5.63. The predicted molar refractivity (Wildman–Crippen MR) is 164 cm³/mol. The van der Waals surface area contributed by atoms with Crippen LogP contribution in [0.1, 0.15) is 23.9 Å². The van der Waals surface area contributed by atoms with E-state index in [1.807, 2.05) is 47.3 Å². The molecule has 0 aliphatic heterocycles. The molecule has 7 aromatic rings. The number of ether oxygens (including phenoxy) is 1. The summed E-state index contributed by atoms with van der Waals surface area (Å²) < 4.78 is 10.5. The van der Waals surface area contributed by atoms with Crippen LogP contribution in [0, 0.1) is 26.0 Å². The van der Waals surface area contributed by atoms with Gasteiger partial charge in [0.05, 0.1) is 5.69 Å². The van der Waals surface area contributed by atoms with Crippen molar-refractivity contribution in [3.63, 3.8) is 0 Å². The van der Waals surface area contributed by atoms with Crippen LogP contribution in [0.25, 0.3) is 44.4 Å². The molecule has 0 radical (unpaired) electrons. The maximum atomic E-state index is 6.37. The van der Waals surface area contributed by atoms with E-state index in [2.05, 4.69) is 103 Å². The molecule has 0 N–H and O–H groups in total. The smallest absolute Gasteiger partial charge is 0.509 e. The molecule has 0 unspecified atom stereocenters. The first kappa shape index (κ1) is 27.7. The van der Waals surface area contributed by atoms with Crippen LogP contribution >= 0.6 is 0 Å². The number of benzene rings is 4. The van der Waals surface area contributed by atoms with Crippen LogP contribution in [-0.4, -0.2) is 19.3 Å². The second kappa shape index (κ2) is 11.4. The average Bonchev–Trinajstić information content (AvgIpc) is 3.51. The Balaban J connectivity index is 0.00000316. The molecule has 0 aliphatic rings. The molecule has 0 atom stereocenters. The Kier molecular flexibility index (Phi) is 7.53. The molecule has 42 heavy (non-hydrogen) atoms. The molecule has 0 amide bonds. The van der Waals surface area contributed by atoms with E-state index < -0.39 is 0 Å². The number of hydrogen-bond acceptors (Lipinski definition) is 3. The minimum Gasteiger partial charge on any atom is -0.509 e. The third kappa shape index (κ3) is 4.84. The molecule has 7 rings (SSSR count). The number of hydrogen-bond donors (Lipinski definition) is 0. The van der Waals surface area contributed by atoms with Crippen molar-refractivity contribution in [1.82, 2.24) is 19.3 Å². The van der Waals surface area contributed by atoms with Crippen molar-refractivity contribution in [1.29, 1.82) is 0 Å². The van der Waals surface area contributed by atoms with E-state index in [0.29, 0.717) is 11.5 Å². The first-order valence-corrected chi connectivity index (χ1v) is 13.8. The summed E-state index contributed by atoms with van der Waals surface area (Å²) in [7, 11) is 0. The summed E-state index contributed by atoms with van der Waals surface area (Å²) >= 11 is 0. The van der Waals surface area contributed by atoms with E-state index >= 15 is 0 Å². The van der Waals surface area contributed by atoms with Crippen LogP contribution < -0.4 is 4.74 Å². The Morgan fingerprint density at radius 2 is 1.57 bits per heavy atom. The maximum absolute atomic E-state index is 6.37. The van der Waals surface area contributed by atoms with Crippen LogP contribution in [0.3, 0.4) is 0 Å². The zero-order valence-electron chi connectivity index (χ0n) is 23.5. The van der Waals surface area contributed by atoms with Crippen LogP contribution in [0.15, 0.2) is 103 Å². The Morgan fingerprint density at radius 3 is 2.38 bits per heavy atom. The minimum absolute atomic E-state index is 0. The molecule has 0 saturated heterocycles. The van der Waals surface area contributed by atoms with E-state index in [1.165, 1.54) is 11.1 Å². The topological polar surface area (TPSA) is 44.9 Å². The third-order valence-electron chi connectivity index (χ3n) is 7.44. The summed E-state index contributed by atoms with van der Waals surface area (Å²) in [5.74, 6) is 2.07. The predicted octanol–water partition coefficient (Wildman–Crippen LogP) is 8.60. The molecule has 208 valence electrons. The van der Waals surface area contributed by atoms with E-state index in [0.717, 1.165) is 56.7 Å². The second-order valence-electron chi connectivity index (χ2n) is 10.2. The molecule has 0 aliphatic carbocycles. The van der Waals surface area contributed by atoms with Gasteiger partial charge in [-0.05, 0) is 60.7 Å². The van der Waals surface area contributed by atoms with Crippen molar-refractivity contribution < 1.29 is 25.8 Å². The third-order valence-corrected chi connectivity index (χ3v) is 7.44. The zero-order chi connectivity index (χ0) is 27.9. The van der Waals surface area contributed by atoms with Gasteiger partial charge in [0.15, 0.2) is 0 Å². The Hall–Kier alpha value is -4.47. The van der Waals surface area contributed by atoms with E-state index in [4.69, 9.17) is 9.84 Å². The summed E-state index contributed by atoms with van der Waals surface area (Å²) in [5.41, 5.74) is 8.46. The van der Waals surface area contributed by atoms with Gasteiger partial charge in [0.1, 0.15) is 5.82 Å². The fourth-order valence-electron chi connectivity index (χ4n) is 5.63. The second-order valence-corrected chi connectivity index (χ2v) is 10.2. The van der Waals surface area contributed by atoms with Crippen molar-refractivity contribution >= 4 is 21.8 Å². The van der Waals surface area contributed by atoms with Gasteiger partial charge < -0.3 is 9.30 Å². The van der Waals surface area contributed by atoms with Gasteiger partial charge in [0.2, 0.25) is 0 Å². The van der Waals surface area contributed by atoms with Crippen LogP contribution in [0.5, 0.6) is 11.5 Å². The Morgan fingerprint density at radius 1 is 0.786 bits per heavy atom. The summed E-state index contributed by atoms with van der Waals surface area (Å²) in [6.07, 6.45) is 2.68. The van der Waals surface area contributed by atoms with Crippen LogP contribution in [-0.2, 0) is 27.5 Å². The van der Waals surface area contributed by atoms with Gasteiger partial charge in [-0.2, -0.15) is 17.2 Å². The van der Waals surface area contributed by atoms with Crippen molar-refractivity contribution in [2.45, 2.75) is 27.2 Å². The quantitative estimate of drug-likeness (QED) is 0.161. The van der Waals surface area contributed by atoms with E-state index in [-0.39, 0.29) is 21.1 Å². The van der Waals surface area contributed by atoms with Crippen molar-refractivity contribution in [2.24, 2.45) is 0 Å². The van der Waals surface area contributed by atoms with Crippen molar-refractivity contribution in [2.75, 3.05) is 0 Å². The molecule has 3 heterocycles. The van der Waals surface area contributed by atoms with Gasteiger partial charge in [-0.25, -0.2) is 4.98 Å². The number of pyridine rings is 1. The standard InChI is InChI=1S/C36H28N4O.Pt/c1-4-32-36(26-11-6-5-7-12-26)25(3)38-40(32)27-13-10-14-28(22-27)41-29-17-18-31-30-15-8-9-16-33(30)39(34(31)23-29)35-21-24(2)19-20-37-35;/h5-21H,4H2,1-3H3;/q-2;+2. The van der Waals surface area contributed by atoms with E-state index in [9.17, 15) is 0 Å². The number of aryl methyl sites for hydroxylation is 2. The summed E-state index contributed by atoms with van der Waals surface area (Å²) in [4.78, 5) is 4.67. The maximum Gasteiger partial charge on any atom is 2.00 e. The monoisotopic (exact) mass is 727 g/mol. The van der Waals surface area contributed by atoms with Gasteiger partial charge in [-0.15, -0.1) is 35.7 Å². The van der Waals surface area contributed by atoms with Crippen molar-refractivity contribution in [3.8, 4) is 34.1 Å². The molecule has 6 heteroatoms. The van der Waals surface area contributed by atoms with Crippen LogP contribution in [0.4, 0.5) is 0 Å². The molecule has 0 saturated carbocycles. The van der Waals surface area contributed by atoms with Gasteiger partial charge in [0, 0.05) is 34.5 Å². The average molecular weight is 728 g/mol. The molecule has 5 nitrogen and oxygen atoms in total. The van der Waals surface area contributed by atoms with Crippen LogP contribution in [0.2, 0.25) is 0 Å². The first-order valence-electron chi connectivity index (χ1n) is 13.8. The fraction of sp³-hybridized carbons (Fsp3) is 0.111. The summed E-state index contributed by atoms with van der Waals surface area (Å²) in [5, 5.41) is 7.16. The molecular weight excluding hydrogens is 700 g/mol. The molecule has 0 bridgehead atoms. The van der Waals surface area contributed by atoms with Crippen molar-refractivity contribution in [3.05, 3.63) is 132 Å². The summed E-state index contributed by atoms with van der Waals surface area (Å²) in [6, 6.07) is 39.8. The van der Waals surface area contributed by atoms with Gasteiger partial charge in [0.25, 0.3) is 0 Å². The molecular formula is C36H28N4OPt. The largest absolute Gasteiger partial charge is 2.00 e. The Labute approximate surface area is 259 Å². The number of aromatic nitrogens is 4. The minimum atomic E-state index is 0. The Bertz CT molecular complexity index is 2040. The molecule has 0 fully saturated rings. The molecule has 4 aromatic carbocycles. The zero-order valence-corrected chi connectivity index (χ0v) is 25.8. The molecule has 3 aromatic heterocycles. The normalized spacial score (nSPS) is 11.1. The molecule has 0 spiro atoms. The SMILES string of the molecule is CCc1c(-c2ccccc2)c(C)nn1-c1[c-]c(Oc2[c-]c3c(cc2)c2ccccc2n3-c2cc(C)ccn2)ccc1.[Pt+2]. The number of nitrogens with zero attached hydrogens (tertiary/aromatic N) is 4. The first-order chi connectivity index (χ1) is 20.1. The number of para-hydroxylation sites is 1. The van der Waals surface area contributed by atoms with E-state index in [1.54, 1.807) is 0 Å². The van der Waals surface area contributed by atoms with Gasteiger partial charge >= 0.3 is 21.1 Å². The number of fused-ring (bicyclic) bond motifs is 3.